The Kier molecular flexibility index (Phi) is 5.87. The Labute approximate surface area is 118 Å². The normalized spacial score (nSPS) is 17.0. The summed E-state index contributed by atoms with van der Waals surface area (Å²) in [6.07, 6.45) is 8.20. The fourth-order valence-corrected chi connectivity index (χ4v) is 3.31. The summed E-state index contributed by atoms with van der Waals surface area (Å²) in [7, 11) is 0. The topological polar surface area (TPSA) is 29.3 Å². The first-order chi connectivity index (χ1) is 9.35. The predicted octanol–water partition coefficient (Wildman–Crippen LogP) is 3.34. The molecule has 0 unspecified atom stereocenters. The van der Waals surface area contributed by atoms with Gasteiger partial charge in [0.1, 0.15) is 0 Å². The summed E-state index contributed by atoms with van der Waals surface area (Å²) in [6.45, 7) is 5.31. The van der Waals surface area contributed by atoms with Crippen LogP contribution in [0.25, 0.3) is 0 Å². The summed E-state index contributed by atoms with van der Waals surface area (Å²) in [4.78, 5) is 2.67. The number of nitrogens with two attached hydrogens (primary N) is 1. The van der Waals surface area contributed by atoms with Crippen LogP contribution in [0.5, 0.6) is 0 Å². The van der Waals surface area contributed by atoms with Crippen LogP contribution in [-0.4, -0.2) is 24.0 Å². The molecule has 0 amide bonds. The third kappa shape index (κ3) is 4.05. The highest BCUT2D eigenvalue weighted by atomic mass is 15.1. The van der Waals surface area contributed by atoms with Crippen molar-refractivity contribution in [3.63, 3.8) is 0 Å². The molecule has 2 heteroatoms. The van der Waals surface area contributed by atoms with E-state index in [1.807, 2.05) is 0 Å². The van der Waals surface area contributed by atoms with Crippen molar-refractivity contribution in [2.24, 2.45) is 5.73 Å². The van der Waals surface area contributed by atoms with E-state index in [4.69, 9.17) is 5.73 Å². The molecule has 0 bridgehead atoms. The van der Waals surface area contributed by atoms with Gasteiger partial charge in [-0.3, -0.25) is 0 Å². The van der Waals surface area contributed by atoms with Gasteiger partial charge in [0.15, 0.2) is 0 Å². The van der Waals surface area contributed by atoms with Crippen molar-refractivity contribution in [3.8, 4) is 0 Å². The van der Waals surface area contributed by atoms with Crippen molar-refractivity contribution in [1.29, 1.82) is 0 Å². The molecule has 1 aromatic carbocycles. The maximum atomic E-state index is 5.82. The standard InChI is InChI=1S/C17H28N2/c1-2-19(17-10-4-3-5-11-17)13-12-15-8-6-7-9-16(15)14-18/h6-9,17H,2-5,10-14,18H2,1H3. The first-order valence-corrected chi connectivity index (χ1v) is 7.86. The Morgan fingerprint density at radius 2 is 1.79 bits per heavy atom. The SMILES string of the molecule is CCN(CCc1ccccc1CN)C1CCCCC1. The van der Waals surface area contributed by atoms with Gasteiger partial charge in [-0.25, -0.2) is 0 Å². The largest absolute Gasteiger partial charge is 0.326 e. The minimum atomic E-state index is 0.658. The van der Waals surface area contributed by atoms with Crippen LogP contribution in [0.3, 0.4) is 0 Å². The number of hydrogen-bond donors (Lipinski definition) is 1. The average Bonchev–Trinajstić information content (AvgIpc) is 2.49. The summed E-state index contributed by atoms with van der Waals surface area (Å²) in [5, 5.41) is 0. The lowest BCUT2D eigenvalue weighted by atomic mass is 9.93. The molecule has 0 saturated heterocycles. The van der Waals surface area contributed by atoms with Gasteiger partial charge in [-0.1, -0.05) is 50.5 Å². The van der Waals surface area contributed by atoms with Crippen molar-refractivity contribution >= 4 is 0 Å². The van der Waals surface area contributed by atoms with E-state index in [-0.39, 0.29) is 0 Å². The molecule has 2 rings (SSSR count). The molecular weight excluding hydrogens is 232 g/mol. The van der Waals surface area contributed by atoms with Crippen molar-refractivity contribution in [2.45, 2.75) is 58.0 Å². The molecule has 1 aromatic rings. The van der Waals surface area contributed by atoms with Crippen LogP contribution in [0.15, 0.2) is 24.3 Å². The minimum Gasteiger partial charge on any atom is -0.326 e. The number of rotatable bonds is 6. The maximum absolute atomic E-state index is 5.82. The third-order valence-electron chi connectivity index (χ3n) is 4.50. The monoisotopic (exact) mass is 260 g/mol. The molecule has 1 saturated carbocycles. The number of hydrogen-bond acceptors (Lipinski definition) is 2. The van der Waals surface area contributed by atoms with Gasteiger partial charge in [-0.2, -0.15) is 0 Å². The maximum Gasteiger partial charge on any atom is 0.0180 e. The molecule has 0 atom stereocenters. The smallest absolute Gasteiger partial charge is 0.0180 e. The van der Waals surface area contributed by atoms with Gasteiger partial charge in [0, 0.05) is 19.1 Å². The van der Waals surface area contributed by atoms with Gasteiger partial charge < -0.3 is 10.6 Å². The minimum absolute atomic E-state index is 0.658. The van der Waals surface area contributed by atoms with Crippen LogP contribution in [0.1, 0.15) is 50.2 Å². The van der Waals surface area contributed by atoms with Gasteiger partial charge >= 0.3 is 0 Å². The third-order valence-corrected chi connectivity index (χ3v) is 4.50. The van der Waals surface area contributed by atoms with E-state index in [0.717, 1.165) is 12.5 Å². The van der Waals surface area contributed by atoms with Crippen LogP contribution in [-0.2, 0) is 13.0 Å². The zero-order valence-corrected chi connectivity index (χ0v) is 12.3. The van der Waals surface area contributed by atoms with Gasteiger partial charge in [0.2, 0.25) is 0 Å². The van der Waals surface area contributed by atoms with Crippen LogP contribution in [0, 0.1) is 0 Å². The fraction of sp³-hybridized carbons (Fsp3) is 0.647. The first kappa shape index (κ1) is 14.5. The van der Waals surface area contributed by atoms with Gasteiger partial charge in [-0.05, 0) is 36.9 Å². The van der Waals surface area contributed by atoms with Gasteiger partial charge in [0.05, 0.1) is 0 Å². The molecular formula is C17H28N2. The number of benzene rings is 1. The van der Waals surface area contributed by atoms with E-state index in [1.165, 1.54) is 56.3 Å². The van der Waals surface area contributed by atoms with E-state index in [2.05, 4.69) is 36.1 Å². The van der Waals surface area contributed by atoms with E-state index >= 15 is 0 Å². The van der Waals surface area contributed by atoms with E-state index in [0.29, 0.717) is 6.54 Å². The Balaban J connectivity index is 1.91. The molecule has 0 aromatic heterocycles. The van der Waals surface area contributed by atoms with Crippen molar-refractivity contribution < 1.29 is 0 Å². The Hall–Kier alpha value is -0.860. The molecule has 106 valence electrons. The van der Waals surface area contributed by atoms with Crippen LogP contribution in [0.4, 0.5) is 0 Å². The quantitative estimate of drug-likeness (QED) is 0.850. The molecule has 19 heavy (non-hydrogen) atoms. The Morgan fingerprint density at radius 3 is 2.42 bits per heavy atom. The lowest BCUT2D eigenvalue weighted by molar-refractivity contribution is 0.165. The number of likely N-dealkylation sites (N-methyl/N-ethyl adjacent to an activating group) is 1. The molecule has 0 spiro atoms. The lowest BCUT2D eigenvalue weighted by Gasteiger charge is -2.33. The summed E-state index contributed by atoms with van der Waals surface area (Å²) in [5.41, 5.74) is 8.56. The molecule has 1 fully saturated rings. The van der Waals surface area contributed by atoms with Crippen LogP contribution >= 0.6 is 0 Å². The molecule has 2 nitrogen and oxygen atoms in total. The summed E-state index contributed by atoms with van der Waals surface area (Å²) < 4.78 is 0. The Bertz CT molecular complexity index is 369. The van der Waals surface area contributed by atoms with Crippen molar-refractivity contribution in [2.75, 3.05) is 13.1 Å². The second kappa shape index (κ2) is 7.66. The molecule has 0 radical (unpaired) electrons. The van der Waals surface area contributed by atoms with Crippen molar-refractivity contribution in [1.82, 2.24) is 4.90 Å². The van der Waals surface area contributed by atoms with E-state index in [9.17, 15) is 0 Å². The highest BCUT2D eigenvalue weighted by Gasteiger charge is 2.19. The molecule has 1 aliphatic rings. The van der Waals surface area contributed by atoms with Crippen LogP contribution in [0.2, 0.25) is 0 Å². The first-order valence-electron chi connectivity index (χ1n) is 7.86. The highest BCUT2D eigenvalue weighted by Crippen LogP contribution is 2.22. The second-order valence-corrected chi connectivity index (χ2v) is 5.64. The molecule has 1 aliphatic carbocycles. The predicted molar refractivity (Wildman–Crippen MR) is 82.2 cm³/mol. The molecule has 0 heterocycles. The summed E-state index contributed by atoms with van der Waals surface area (Å²) >= 11 is 0. The van der Waals surface area contributed by atoms with Gasteiger partial charge in [-0.15, -0.1) is 0 Å². The van der Waals surface area contributed by atoms with Gasteiger partial charge in [0.25, 0.3) is 0 Å². The van der Waals surface area contributed by atoms with Crippen LogP contribution < -0.4 is 5.73 Å². The highest BCUT2D eigenvalue weighted by molar-refractivity contribution is 5.27. The molecule has 0 aliphatic heterocycles. The zero-order chi connectivity index (χ0) is 13.5. The molecule has 2 N–H and O–H groups in total. The van der Waals surface area contributed by atoms with E-state index < -0.39 is 0 Å². The summed E-state index contributed by atoms with van der Waals surface area (Å²) in [6, 6.07) is 9.43. The van der Waals surface area contributed by atoms with E-state index in [1.54, 1.807) is 0 Å². The number of nitrogens with zero attached hydrogens (tertiary/aromatic N) is 1. The second-order valence-electron chi connectivity index (χ2n) is 5.64. The fourth-order valence-electron chi connectivity index (χ4n) is 3.31. The lowest BCUT2D eigenvalue weighted by Crippen LogP contribution is -2.38. The Morgan fingerprint density at radius 1 is 1.11 bits per heavy atom. The average molecular weight is 260 g/mol. The van der Waals surface area contributed by atoms with Crippen molar-refractivity contribution in [3.05, 3.63) is 35.4 Å². The zero-order valence-electron chi connectivity index (χ0n) is 12.3. The summed E-state index contributed by atoms with van der Waals surface area (Å²) in [5.74, 6) is 0.